The van der Waals surface area contributed by atoms with Gasteiger partial charge in [-0.2, -0.15) is 5.01 Å². The molecule has 7 heteroatoms. The number of amides is 2. The number of thiocarbonyl (C=S) groups is 1. The monoisotopic (exact) mass is 343 g/mol. The third kappa shape index (κ3) is 3.35. The standard InChI is InChI=1S/C16H13N3O2S2/c1-10-4-2-5-11(8-10)14(20)18-19-15(21)13(23-16(19)22)9-12-6-3-7-17-12/h2-9,17H,1H3,(H,18,20)/b13-9+. The Morgan fingerprint density at radius 1 is 1.35 bits per heavy atom. The quantitative estimate of drug-likeness (QED) is 0.664. The molecule has 5 nitrogen and oxygen atoms in total. The Kier molecular flexibility index (Phi) is 4.31. The topological polar surface area (TPSA) is 65.2 Å². The van der Waals surface area contributed by atoms with Crippen LogP contribution in [0.2, 0.25) is 0 Å². The lowest BCUT2D eigenvalue weighted by molar-refractivity contribution is -0.123. The van der Waals surface area contributed by atoms with Gasteiger partial charge in [-0.1, -0.05) is 29.5 Å². The molecule has 0 atom stereocenters. The lowest BCUT2D eigenvalue weighted by Crippen LogP contribution is -2.44. The second kappa shape index (κ2) is 6.39. The highest BCUT2D eigenvalue weighted by atomic mass is 32.2. The summed E-state index contributed by atoms with van der Waals surface area (Å²) in [6, 6.07) is 10.8. The zero-order valence-electron chi connectivity index (χ0n) is 12.2. The van der Waals surface area contributed by atoms with Crippen LogP contribution in [-0.2, 0) is 4.79 Å². The number of thioether (sulfide) groups is 1. The molecule has 3 rings (SSSR count). The second-order valence-corrected chi connectivity index (χ2v) is 6.63. The highest BCUT2D eigenvalue weighted by molar-refractivity contribution is 8.26. The van der Waals surface area contributed by atoms with Crippen LogP contribution in [0.15, 0.2) is 47.5 Å². The molecule has 2 amide bonds. The molecule has 1 aliphatic heterocycles. The Labute approximate surface area is 142 Å². The highest BCUT2D eigenvalue weighted by Crippen LogP contribution is 2.31. The number of hydrazine groups is 1. The number of aromatic nitrogens is 1. The number of carbonyl (C=O) groups excluding carboxylic acids is 2. The van der Waals surface area contributed by atoms with Crippen LogP contribution in [-0.4, -0.2) is 26.1 Å². The number of nitrogens with zero attached hydrogens (tertiary/aromatic N) is 1. The summed E-state index contributed by atoms with van der Waals surface area (Å²) in [6.07, 6.45) is 3.48. The zero-order valence-corrected chi connectivity index (χ0v) is 13.8. The minimum atomic E-state index is -0.369. The smallest absolute Gasteiger partial charge is 0.285 e. The lowest BCUT2D eigenvalue weighted by Gasteiger charge is -2.15. The fourth-order valence-corrected chi connectivity index (χ4v) is 3.26. The molecule has 116 valence electrons. The van der Waals surface area contributed by atoms with Crippen molar-refractivity contribution in [1.82, 2.24) is 15.4 Å². The number of H-pyrrole nitrogens is 1. The highest BCUT2D eigenvalue weighted by Gasteiger charge is 2.33. The number of hydrogen-bond acceptors (Lipinski definition) is 4. The molecular formula is C16H13N3O2S2. The van der Waals surface area contributed by atoms with E-state index >= 15 is 0 Å². The van der Waals surface area contributed by atoms with Crippen molar-refractivity contribution in [2.75, 3.05) is 0 Å². The van der Waals surface area contributed by atoms with Crippen LogP contribution in [0.3, 0.4) is 0 Å². The van der Waals surface area contributed by atoms with Gasteiger partial charge in [0.05, 0.1) is 4.91 Å². The number of hydrogen-bond donors (Lipinski definition) is 2. The number of aromatic amines is 1. The molecule has 23 heavy (non-hydrogen) atoms. The maximum Gasteiger partial charge on any atom is 0.285 e. The first-order chi connectivity index (χ1) is 11.0. The Bertz CT molecular complexity index is 812. The van der Waals surface area contributed by atoms with Crippen LogP contribution < -0.4 is 5.43 Å². The summed E-state index contributed by atoms with van der Waals surface area (Å²) in [6.45, 7) is 1.90. The van der Waals surface area contributed by atoms with Crippen LogP contribution in [0.4, 0.5) is 0 Å². The Hall–Kier alpha value is -2.38. The normalized spacial score (nSPS) is 16.2. The third-order valence-electron chi connectivity index (χ3n) is 3.20. The summed E-state index contributed by atoms with van der Waals surface area (Å²) < 4.78 is 0.300. The van der Waals surface area contributed by atoms with Gasteiger partial charge in [0.2, 0.25) is 0 Å². The molecule has 0 saturated carbocycles. The first-order valence-corrected chi connectivity index (χ1v) is 8.06. The van der Waals surface area contributed by atoms with E-state index in [1.165, 1.54) is 0 Å². The van der Waals surface area contributed by atoms with Gasteiger partial charge < -0.3 is 4.98 Å². The van der Waals surface area contributed by atoms with E-state index in [0.29, 0.717) is 14.8 Å². The molecule has 1 saturated heterocycles. The maximum atomic E-state index is 12.4. The molecule has 1 aliphatic rings. The predicted molar refractivity (Wildman–Crippen MR) is 94.4 cm³/mol. The van der Waals surface area contributed by atoms with Crippen LogP contribution in [0.1, 0.15) is 21.6 Å². The SMILES string of the molecule is Cc1cccc(C(=O)NN2C(=O)/C(=C\c3ccc[nH]3)SC2=S)c1. The van der Waals surface area contributed by atoms with Gasteiger partial charge in [0.1, 0.15) is 0 Å². The van der Waals surface area contributed by atoms with Gasteiger partial charge in [0.15, 0.2) is 4.32 Å². The van der Waals surface area contributed by atoms with Crippen molar-refractivity contribution in [1.29, 1.82) is 0 Å². The van der Waals surface area contributed by atoms with Gasteiger partial charge in [-0.25, -0.2) is 0 Å². The average molecular weight is 343 g/mol. The van der Waals surface area contributed by atoms with Crippen LogP contribution in [0.25, 0.3) is 6.08 Å². The Balaban J connectivity index is 1.77. The van der Waals surface area contributed by atoms with E-state index in [4.69, 9.17) is 12.2 Å². The van der Waals surface area contributed by atoms with E-state index in [0.717, 1.165) is 28.0 Å². The summed E-state index contributed by atoms with van der Waals surface area (Å²) in [4.78, 5) is 28.1. The van der Waals surface area contributed by atoms with E-state index < -0.39 is 0 Å². The second-order valence-electron chi connectivity index (χ2n) is 4.95. The van der Waals surface area contributed by atoms with Crippen molar-refractivity contribution in [3.8, 4) is 0 Å². The number of benzene rings is 1. The van der Waals surface area contributed by atoms with E-state index in [9.17, 15) is 9.59 Å². The Morgan fingerprint density at radius 3 is 2.87 bits per heavy atom. The fraction of sp³-hybridized carbons (Fsp3) is 0.0625. The van der Waals surface area contributed by atoms with Crippen molar-refractivity contribution in [2.24, 2.45) is 0 Å². The molecule has 1 fully saturated rings. The van der Waals surface area contributed by atoms with Gasteiger partial charge >= 0.3 is 0 Å². The van der Waals surface area contributed by atoms with Crippen LogP contribution >= 0.6 is 24.0 Å². The van der Waals surface area contributed by atoms with Crippen molar-refractivity contribution in [2.45, 2.75) is 6.92 Å². The third-order valence-corrected chi connectivity index (χ3v) is 4.50. The number of nitrogens with one attached hydrogen (secondary N) is 2. The minimum absolute atomic E-state index is 0.300. The van der Waals surface area contributed by atoms with Crippen molar-refractivity contribution in [3.63, 3.8) is 0 Å². The van der Waals surface area contributed by atoms with Gasteiger partial charge in [0.25, 0.3) is 11.8 Å². The summed E-state index contributed by atoms with van der Waals surface area (Å²) in [5, 5.41) is 1.11. The minimum Gasteiger partial charge on any atom is -0.362 e. The van der Waals surface area contributed by atoms with Gasteiger partial charge in [-0.3, -0.25) is 15.0 Å². The summed E-state index contributed by atoms with van der Waals surface area (Å²) in [7, 11) is 0. The van der Waals surface area contributed by atoms with Crippen LogP contribution in [0.5, 0.6) is 0 Å². The maximum absolute atomic E-state index is 12.4. The molecule has 0 aliphatic carbocycles. The van der Waals surface area contributed by atoms with Crippen molar-refractivity contribution in [3.05, 3.63) is 64.3 Å². The summed E-state index contributed by atoms with van der Waals surface area (Å²) >= 11 is 6.34. The molecule has 0 unspecified atom stereocenters. The van der Waals surface area contributed by atoms with E-state index in [2.05, 4.69) is 10.4 Å². The van der Waals surface area contributed by atoms with E-state index in [-0.39, 0.29) is 11.8 Å². The average Bonchev–Trinajstić information content (AvgIpc) is 3.12. The van der Waals surface area contributed by atoms with Crippen LogP contribution in [0, 0.1) is 6.92 Å². The summed E-state index contributed by atoms with van der Waals surface area (Å²) in [5.74, 6) is -0.707. The van der Waals surface area contributed by atoms with E-state index in [1.807, 2.05) is 25.1 Å². The van der Waals surface area contributed by atoms with Crippen molar-refractivity contribution >= 4 is 46.2 Å². The predicted octanol–water partition coefficient (Wildman–Crippen LogP) is 2.87. The first kappa shape index (κ1) is 15.5. The molecule has 0 radical (unpaired) electrons. The number of aryl methyl sites for hydroxylation is 1. The van der Waals surface area contributed by atoms with E-state index in [1.54, 1.807) is 30.5 Å². The largest absolute Gasteiger partial charge is 0.362 e. The number of carbonyl (C=O) groups is 2. The summed E-state index contributed by atoms with van der Waals surface area (Å²) in [5.41, 5.74) is 4.81. The Morgan fingerprint density at radius 2 is 2.17 bits per heavy atom. The lowest BCUT2D eigenvalue weighted by atomic mass is 10.1. The van der Waals surface area contributed by atoms with Crippen molar-refractivity contribution < 1.29 is 9.59 Å². The molecule has 2 heterocycles. The molecule has 1 aromatic carbocycles. The van der Waals surface area contributed by atoms with Gasteiger partial charge in [-0.05, 0) is 49.5 Å². The molecule has 0 bridgehead atoms. The molecular weight excluding hydrogens is 330 g/mol. The molecule has 2 N–H and O–H groups in total. The first-order valence-electron chi connectivity index (χ1n) is 6.83. The molecule has 2 aromatic rings. The fourth-order valence-electron chi connectivity index (χ4n) is 2.09. The number of rotatable bonds is 3. The van der Waals surface area contributed by atoms with Gasteiger partial charge in [0, 0.05) is 17.5 Å². The van der Waals surface area contributed by atoms with Gasteiger partial charge in [-0.15, -0.1) is 0 Å². The molecule has 0 spiro atoms. The zero-order chi connectivity index (χ0) is 16.4. The molecule has 1 aromatic heterocycles.